The monoisotopic (exact) mass is 334 g/mol. The summed E-state index contributed by atoms with van der Waals surface area (Å²) in [6.45, 7) is 6.97. The molecule has 0 aliphatic rings. The first kappa shape index (κ1) is 17.3. The van der Waals surface area contributed by atoms with Crippen molar-refractivity contribution in [1.82, 2.24) is 0 Å². The molecule has 0 atom stereocenters. The van der Waals surface area contributed by atoms with Crippen LogP contribution in [0.2, 0.25) is 5.02 Å². The first-order valence-electron chi connectivity index (χ1n) is 7.47. The minimum atomic E-state index is -0.432. The number of hydrogen-bond acceptors (Lipinski definition) is 2. The number of nitrogens with one attached hydrogen (secondary N) is 1. The molecule has 0 fully saturated rings. The van der Waals surface area contributed by atoms with Crippen molar-refractivity contribution in [2.45, 2.75) is 20.8 Å². The largest absolute Gasteiger partial charge is 0.362 e. The standard InChI is InChI=1S/C18H20ClFN2O/c1-4-22(17-8-5-12(2)9-13(17)3)11-18(23)21-16-7-6-14(20)10-15(16)19/h5-10H,4,11H2,1-3H3,(H,21,23). The number of nitrogens with zero attached hydrogens (tertiary/aromatic N) is 1. The van der Waals surface area contributed by atoms with E-state index in [4.69, 9.17) is 11.6 Å². The molecule has 0 saturated heterocycles. The number of halogens is 2. The average Bonchev–Trinajstić information content (AvgIpc) is 2.48. The Bertz CT molecular complexity index is 718. The van der Waals surface area contributed by atoms with Gasteiger partial charge >= 0.3 is 0 Å². The Kier molecular flexibility index (Phi) is 5.61. The lowest BCUT2D eigenvalue weighted by Crippen LogP contribution is -2.33. The molecule has 2 aromatic rings. The lowest BCUT2D eigenvalue weighted by molar-refractivity contribution is -0.115. The van der Waals surface area contributed by atoms with E-state index < -0.39 is 5.82 Å². The summed E-state index contributed by atoms with van der Waals surface area (Å²) < 4.78 is 13.0. The van der Waals surface area contributed by atoms with E-state index in [-0.39, 0.29) is 17.5 Å². The van der Waals surface area contributed by atoms with Gasteiger partial charge in [0.15, 0.2) is 0 Å². The van der Waals surface area contributed by atoms with E-state index in [9.17, 15) is 9.18 Å². The molecule has 122 valence electrons. The summed E-state index contributed by atoms with van der Waals surface area (Å²) in [5, 5.41) is 2.91. The van der Waals surface area contributed by atoms with Gasteiger partial charge in [-0.25, -0.2) is 4.39 Å². The zero-order valence-corrected chi connectivity index (χ0v) is 14.2. The molecule has 2 aromatic carbocycles. The van der Waals surface area contributed by atoms with Gasteiger partial charge in [0.1, 0.15) is 5.82 Å². The van der Waals surface area contributed by atoms with E-state index in [1.54, 1.807) is 0 Å². The van der Waals surface area contributed by atoms with Gasteiger partial charge < -0.3 is 10.2 Å². The SMILES string of the molecule is CCN(CC(=O)Nc1ccc(F)cc1Cl)c1ccc(C)cc1C. The van der Waals surface area contributed by atoms with Gasteiger partial charge in [0, 0.05) is 12.2 Å². The van der Waals surface area contributed by atoms with Gasteiger partial charge in [-0.15, -0.1) is 0 Å². The minimum Gasteiger partial charge on any atom is -0.362 e. The molecular weight excluding hydrogens is 315 g/mol. The van der Waals surface area contributed by atoms with E-state index in [0.717, 1.165) is 11.3 Å². The Morgan fingerprint density at radius 3 is 2.57 bits per heavy atom. The van der Waals surface area contributed by atoms with Gasteiger partial charge in [-0.05, 0) is 50.6 Å². The Labute approximate surface area is 141 Å². The molecule has 5 heteroatoms. The zero-order chi connectivity index (χ0) is 17.0. The maximum absolute atomic E-state index is 13.0. The summed E-state index contributed by atoms with van der Waals surface area (Å²) in [6.07, 6.45) is 0. The molecule has 0 unspecified atom stereocenters. The van der Waals surface area contributed by atoms with Crippen molar-refractivity contribution in [1.29, 1.82) is 0 Å². The van der Waals surface area contributed by atoms with Crippen molar-refractivity contribution in [2.75, 3.05) is 23.3 Å². The van der Waals surface area contributed by atoms with Crippen LogP contribution in [-0.4, -0.2) is 19.0 Å². The number of rotatable bonds is 5. The summed E-state index contributed by atoms with van der Waals surface area (Å²) in [5.74, 6) is -0.626. The van der Waals surface area contributed by atoms with E-state index >= 15 is 0 Å². The summed E-state index contributed by atoms with van der Waals surface area (Å²) in [5.41, 5.74) is 3.75. The van der Waals surface area contributed by atoms with Crippen LogP contribution in [0.3, 0.4) is 0 Å². The van der Waals surface area contributed by atoms with E-state index in [1.807, 2.05) is 37.8 Å². The van der Waals surface area contributed by atoms with Gasteiger partial charge in [-0.2, -0.15) is 0 Å². The third-order valence-corrected chi connectivity index (χ3v) is 3.93. The third kappa shape index (κ3) is 4.45. The fourth-order valence-electron chi connectivity index (χ4n) is 2.48. The maximum Gasteiger partial charge on any atom is 0.243 e. The van der Waals surface area contributed by atoms with Crippen LogP contribution in [0.15, 0.2) is 36.4 Å². The molecular formula is C18H20ClFN2O. The van der Waals surface area contributed by atoms with Crippen molar-refractivity contribution in [3.63, 3.8) is 0 Å². The Morgan fingerprint density at radius 1 is 1.22 bits per heavy atom. The van der Waals surface area contributed by atoms with Crippen molar-refractivity contribution >= 4 is 28.9 Å². The predicted octanol–water partition coefficient (Wildman–Crippen LogP) is 4.56. The second-order valence-corrected chi connectivity index (χ2v) is 5.88. The molecule has 0 saturated carbocycles. The summed E-state index contributed by atoms with van der Waals surface area (Å²) in [6, 6.07) is 10.0. The summed E-state index contributed by atoms with van der Waals surface area (Å²) in [7, 11) is 0. The van der Waals surface area contributed by atoms with Crippen molar-refractivity contribution in [2.24, 2.45) is 0 Å². The minimum absolute atomic E-state index is 0.188. The molecule has 0 spiro atoms. The van der Waals surface area contributed by atoms with Crippen molar-refractivity contribution in [3.05, 3.63) is 58.4 Å². The Balaban J connectivity index is 2.10. The number of likely N-dealkylation sites (N-methyl/N-ethyl adjacent to an activating group) is 1. The first-order valence-corrected chi connectivity index (χ1v) is 7.85. The van der Waals surface area contributed by atoms with Gasteiger partial charge in [0.25, 0.3) is 0 Å². The first-order chi connectivity index (χ1) is 10.9. The average molecular weight is 335 g/mol. The van der Waals surface area contributed by atoms with Crippen molar-refractivity contribution < 1.29 is 9.18 Å². The lowest BCUT2D eigenvalue weighted by Gasteiger charge is -2.24. The Hall–Kier alpha value is -2.07. The van der Waals surface area contributed by atoms with Gasteiger partial charge in [0.05, 0.1) is 17.3 Å². The zero-order valence-electron chi connectivity index (χ0n) is 13.5. The number of hydrogen-bond donors (Lipinski definition) is 1. The van der Waals surface area contributed by atoms with Crippen LogP contribution in [0, 0.1) is 19.7 Å². The fourth-order valence-corrected chi connectivity index (χ4v) is 2.70. The predicted molar refractivity (Wildman–Crippen MR) is 93.8 cm³/mol. The number of benzene rings is 2. The Morgan fingerprint density at radius 2 is 1.96 bits per heavy atom. The highest BCUT2D eigenvalue weighted by Crippen LogP contribution is 2.23. The molecule has 0 aliphatic heterocycles. The van der Waals surface area contributed by atoms with Crippen LogP contribution in [0.25, 0.3) is 0 Å². The molecule has 1 amide bonds. The maximum atomic E-state index is 13.0. The van der Waals surface area contributed by atoms with Crippen molar-refractivity contribution in [3.8, 4) is 0 Å². The molecule has 3 nitrogen and oxygen atoms in total. The molecule has 0 radical (unpaired) electrons. The lowest BCUT2D eigenvalue weighted by atomic mass is 10.1. The topological polar surface area (TPSA) is 32.3 Å². The third-order valence-electron chi connectivity index (χ3n) is 3.61. The van der Waals surface area contributed by atoms with Gasteiger partial charge in [0.2, 0.25) is 5.91 Å². The second-order valence-electron chi connectivity index (χ2n) is 5.48. The van der Waals surface area contributed by atoms with E-state index in [2.05, 4.69) is 11.4 Å². The van der Waals surface area contributed by atoms with E-state index in [0.29, 0.717) is 12.2 Å². The number of carbonyl (C=O) groups excluding carboxylic acids is 1. The van der Waals surface area contributed by atoms with Crippen LogP contribution in [0.1, 0.15) is 18.1 Å². The highest BCUT2D eigenvalue weighted by molar-refractivity contribution is 6.33. The highest BCUT2D eigenvalue weighted by Gasteiger charge is 2.13. The summed E-state index contributed by atoms with van der Waals surface area (Å²) in [4.78, 5) is 14.3. The number of carbonyl (C=O) groups is 1. The number of aryl methyl sites for hydroxylation is 2. The molecule has 0 aromatic heterocycles. The molecule has 1 N–H and O–H groups in total. The quantitative estimate of drug-likeness (QED) is 0.869. The van der Waals surface area contributed by atoms with Crippen LogP contribution in [0.5, 0.6) is 0 Å². The molecule has 0 heterocycles. The van der Waals surface area contributed by atoms with Crippen LogP contribution >= 0.6 is 11.6 Å². The van der Waals surface area contributed by atoms with E-state index in [1.165, 1.54) is 23.8 Å². The number of amides is 1. The summed E-state index contributed by atoms with van der Waals surface area (Å²) >= 11 is 5.94. The molecule has 23 heavy (non-hydrogen) atoms. The number of anilines is 2. The molecule has 2 rings (SSSR count). The van der Waals surface area contributed by atoms with Crippen LogP contribution in [-0.2, 0) is 4.79 Å². The molecule has 0 aliphatic carbocycles. The van der Waals surface area contributed by atoms with Crippen LogP contribution in [0.4, 0.5) is 15.8 Å². The smallest absolute Gasteiger partial charge is 0.243 e. The second kappa shape index (κ2) is 7.47. The van der Waals surface area contributed by atoms with Gasteiger partial charge in [-0.3, -0.25) is 4.79 Å². The van der Waals surface area contributed by atoms with Crippen LogP contribution < -0.4 is 10.2 Å². The normalized spacial score (nSPS) is 10.5. The highest BCUT2D eigenvalue weighted by atomic mass is 35.5. The van der Waals surface area contributed by atoms with Gasteiger partial charge in [-0.1, -0.05) is 29.3 Å². The fraction of sp³-hybridized carbons (Fsp3) is 0.278. The molecule has 0 bridgehead atoms.